The Morgan fingerprint density at radius 2 is 2.00 bits per heavy atom. The normalized spacial score (nSPS) is 10.5. The lowest BCUT2D eigenvalue weighted by Crippen LogP contribution is -1.91. The van der Waals surface area contributed by atoms with Crippen LogP contribution < -0.4 is 0 Å². The number of benzene rings is 1. The summed E-state index contributed by atoms with van der Waals surface area (Å²) in [5, 5.41) is 8.99. The summed E-state index contributed by atoms with van der Waals surface area (Å²) in [6, 6.07) is 10.1. The zero-order valence-corrected chi connectivity index (χ0v) is 11.6. The fraction of sp³-hybridized carbons (Fsp3) is 0.154. The highest BCUT2D eigenvalue weighted by molar-refractivity contribution is 9.10. The Kier molecular flexibility index (Phi) is 3.64. The monoisotopic (exact) mass is 310 g/mol. The average Bonchev–Trinajstić information content (AvgIpc) is 2.71. The van der Waals surface area contributed by atoms with Gasteiger partial charge in [-0.05, 0) is 39.5 Å². The minimum absolute atomic E-state index is 0.347. The van der Waals surface area contributed by atoms with E-state index in [-0.39, 0.29) is 0 Å². The van der Waals surface area contributed by atoms with Crippen LogP contribution in [0, 0.1) is 0 Å². The van der Waals surface area contributed by atoms with E-state index in [0.29, 0.717) is 9.35 Å². The third kappa shape index (κ3) is 2.58. The van der Waals surface area contributed by atoms with Crippen molar-refractivity contribution in [2.45, 2.75) is 13.3 Å². The number of rotatable bonds is 3. The maximum Gasteiger partial charge on any atom is 0.347 e. The lowest BCUT2D eigenvalue weighted by Gasteiger charge is -1.99. The first-order valence-electron chi connectivity index (χ1n) is 5.23. The van der Waals surface area contributed by atoms with E-state index >= 15 is 0 Å². The van der Waals surface area contributed by atoms with E-state index < -0.39 is 5.97 Å². The molecule has 0 spiro atoms. The number of hydrogen-bond acceptors (Lipinski definition) is 2. The number of hydrogen-bond donors (Lipinski definition) is 1. The van der Waals surface area contributed by atoms with Crippen LogP contribution in [0.3, 0.4) is 0 Å². The summed E-state index contributed by atoms with van der Waals surface area (Å²) in [5.74, 6) is -0.890. The van der Waals surface area contributed by atoms with Crippen molar-refractivity contribution >= 4 is 33.2 Å². The minimum atomic E-state index is -0.890. The summed E-state index contributed by atoms with van der Waals surface area (Å²) in [5.41, 5.74) is 2.34. The number of aromatic carboxylic acids is 1. The van der Waals surface area contributed by atoms with Crippen LogP contribution in [0.5, 0.6) is 0 Å². The van der Waals surface area contributed by atoms with Crippen molar-refractivity contribution in [1.29, 1.82) is 0 Å². The summed E-state index contributed by atoms with van der Waals surface area (Å²) in [7, 11) is 0. The second-order valence-corrected chi connectivity index (χ2v) is 5.55. The van der Waals surface area contributed by atoms with Crippen LogP contribution in [-0.4, -0.2) is 11.1 Å². The molecule has 2 rings (SSSR count). The molecule has 0 unspecified atom stereocenters. The van der Waals surface area contributed by atoms with Crippen LogP contribution in [0.25, 0.3) is 10.4 Å². The maximum atomic E-state index is 10.9. The van der Waals surface area contributed by atoms with E-state index in [9.17, 15) is 4.79 Å². The number of carbonyl (C=O) groups is 1. The molecule has 0 radical (unpaired) electrons. The number of carboxylic acids is 1. The Hall–Kier alpha value is -1.13. The highest BCUT2D eigenvalue weighted by Gasteiger charge is 2.14. The van der Waals surface area contributed by atoms with Crippen LogP contribution in [0.4, 0.5) is 0 Å². The average molecular weight is 311 g/mol. The quantitative estimate of drug-likeness (QED) is 0.910. The molecule has 0 atom stereocenters. The second kappa shape index (κ2) is 5.02. The van der Waals surface area contributed by atoms with Crippen LogP contribution in [0.2, 0.25) is 0 Å². The molecule has 0 aliphatic heterocycles. The lowest BCUT2D eigenvalue weighted by atomic mass is 10.1. The van der Waals surface area contributed by atoms with E-state index in [4.69, 9.17) is 5.11 Å². The van der Waals surface area contributed by atoms with E-state index in [1.165, 1.54) is 16.9 Å². The van der Waals surface area contributed by atoms with Crippen molar-refractivity contribution < 1.29 is 9.90 Å². The summed E-state index contributed by atoms with van der Waals surface area (Å²) in [4.78, 5) is 12.3. The highest BCUT2D eigenvalue weighted by atomic mass is 79.9. The van der Waals surface area contributed by atoms with Gasteiger partial charge in [-0.2, -0.15) is 0 Å². The molecule has 0 fully saturated rings. The van der Waals surface area contributed by atoms with Gasteiger partial charge in [-0.1, -0.05) is 31.2 Å². The molecule has 0 aliphatic rings. The van der Waals surface area contributed by atoms with Crippen molar-refractivity contribution in [1.82, 2.24) is 0 Å². The molecule has 0 saturated heterocycles. The summed E-state index contributed by atoms with van der Waals surface area (Å²) in [6.45, 7) is 2.11. The fourth-order valence-corrected chi connectivity index (χ4v) is 3.25. The summed E-state index contributed by atoms with van der Waals surface area (Å²) in [6.07, 6.45) is 1.01. The van der Waals surface area contributed by atoms with Crippen molar-refractivity contribution in [2.24, 2.45) is 0 Å². The second-order valence-electron chi connectivity index (χ2n) is 3.64. The first kappa shape index (κ1) is 12.3. The zero-order chi connectivity index (χ0) is 12.4. The molecule has 1 N–H and O–H groups in total. The molecule has 2 aromatic rings. The van der Waals surface area contributed by atoms with Gasteiger partial charge < -0.3 is 5.11 Å². The topological polar surface area (TPSA) is 37.3 Å². The molecule has 88 valence electrons. The molecular formula is C13H11BrO2S. The number of thiophene rings is 1. The molecule has 1 aromatic heterocycles. The molecule has 1 aromatic carbocycles. The van der Waals surface area contributed by atoms with Gasteiger partial charge in [-0.3, -0.25) is 0 Å². The Balaban J connectivity index is 2.39. The number of halogens is 1. The van der Waals surface area contributed by atoms with Crippen LogP contribution >= 0.6 is 27.3 Å². The molecule has 0 bridgehead atoms. The minimum Gasteiger partial charge on any atom is -0.477 e. The maximum absolute atomic E-state index is 10.9. The van der Waals surface area contributed by atoms with E-state index in [1.807, 2.05) is 18.2 Å². The van der Waals surface area contributed by atoms with E-state index in [2.05, 4.69) is 35.0 Å². The van der Waals surface area contributed by atoms with Crippen molar-refractivity contribution in [2.75, 3.05) is 0 Å². The van der Waals surface area contributed by atoms with Gasteiger partial charge in [0.15, 0.2) is 0 Å². The first-order chi connectivity index (χ1) is 8.11. The van der Waals surface area contributed by atoms with Gasteiger partial charge in [-0.15, -0.1) is 11.3 Å². The molecule has 0 saturated carbocycles. The van der Waals surface area contributed by atoms with Gasteiger partial charge >= 0.3 is 5.97 Å². The Labute approximate surface area is 112 Å². The number of aryl methyl sites for hydroxylation is 1. The van der Waals surface area contributed by atoms with Gasteiger partial charge in [0, 0.05) is 9.35 Å². The van der Waals surface area contributed by atoms with Gasteiger partial charge in [0.25, 0.3) is 0 Å². The van der Waals surface area contributed by atoms with E-state index in [1.54, 1.807) is 0 Å². The first-order valence-corrected chi connectivity index (χ1v) is 6.84. The Morgan fingerprint density at radius 1 is 1.35 bits per heavy atom. The summed E-state index contributed by atoms with van der Waals surface area (Å²) >= 11 is 4.56. The fourth-order valence-electron chi connectivity index (χ4n) is 1.56. The zero-order valence-electron chi connectivity index (χ0n) is 9.24. The van der Waals surface area contributed by atoms with Crippen molar-refractivity contribution in [3.8, 4) is 10.4 Å². The van der Waals surface area contributed by atoms with Gasteiger partial charge in [-0.25, -0.2) is 4.79 Å². The Bertz CT molecular complexity index is 543. The van der Waals surface area contributed by atoms with Crippen molar-refractivity contribution in [3.63, 3.8) is 0 Å². The largest absolute Gasteiger partial charge is 0.477 e. The number of carboxylic acid groups (broad SMARTS) is 1. The highest BCUT2D eigenvalue weighted by Crippen LogP contribution is 2.34. The third-order valence-corrected chi connectivity index (χ3v) is 4.59. The molecule has 0 amide bonds. The molecule has 4 heteroatoms. The van der Waals surface area contributed by atoms with Gasteiger partial charge in [0.2, 0.25) is 0 Å². The SMILES string of the molecule is CCc1ccc(-c2cc(Br)c(C(=O)O)s2)cc1. The van der Waals surface area contributed by atoms with Crippen LogP contribution in [0.1, 0.15) is 22.2 Å². The molecule has 0 aliphatic carbocycles. The smallest absolute Gasteiger partial charge is 0.347 e. The van der Waals surface area contributed by atoms with Gasteiger partial charge in [0.1, 0.15) is 4.88 Å². The van der Waals surface area contributed by atoms with E-state index in [0.717, 1.165) is 16.9 Å². The predicted molar refractivity (Wildman–Crippen MR) is 73.8 cm³/mol. The standard InChI is InChI=1S/C13H11BrO2S/c1-2-8-3-5-9(6-4-8)11-7-10(14)12(17-11)13(15)16/h3-7H,2H2,1H3,(H,15,16). The van der Waals surface area contributed by atoms with Gasteiger partial charge in [0.05, 0.1) is 0 Å². The van der Waals surface area contributed by atoms with Crippen LogP contribution in [-0.2, 0) is 6.42 Å². The van der Waals surface area contributed by atoms with Crippen LogP contribution in [0.15, 0.2) is 34.8 Å². The molecule has 2 nitrogen and oxygen atoms in total. The molecule has 17 heavy (non-hydrogen) atoms. The Morgan fingerprint density at radius 3 is 2.47 bits per heavy atom. The van der Waals surface area contributed by atoms with Crippen molar-refractivity contribution in [3.05, 3.63) is 45.2 Å². The third-order valence-electron chi connectivity index (χ3n) is 2.53. The summed E-state index contributed by atoms with van der Waals surface area (Å²) < 4.78 is 0.643. The lowest BCUT2D eigenvalue weighted by molar-refractivity contribution is 0.0701. The molecule has 1 heterocycles. The predicted octanol–water partition coefficient (Wildman–Crippen LogP) is 4.44. The molecular weight excluding hydrogens is 300 g/mol.